The lowest BCUT2D eigenvalue weighted by molar-refractivity contribution is -0.274. The van der Waals surface area contributed by atoms with Crippen molar-refractivity contribution in [3.8, 4) is 22.7 Å². The second kappa shape index (κ2) is 6.01. The Hall–Kier alpha value is -3.56. The minimum atomic E-state index is -4.74. The Kier molecular flexibility index (Phi) is 3.76. The molecule has 0 radical (unpaired) electrons. The Morgan fingerprint density at radius 1 is 1.11 bits per heavy atom. The normalized spacial score (nSPS) is 11.9. The number of halogens is 3. The summed E-state index contributed by atoms with van der Waals surface area (Å²) in [6, 6.07) is 7.13. The van der Waals surface area contributed by atoms with Crippen molar-refractivity contribution in [1.29, 1.82) is 0 Å². The minimum Gasteiger partial charge on any atom is -0.406 e. The molecule has 0 atom stereocenters. The third-order valence-electron chi connectivity index (χ3n) is 3.84. The van der Waals surface area contributed by atoms with Crippen molar-refractivity contribution in [3.63, 3.8) is 0 Å². The zero-order valence-electron chi connectivity index (χ0n) is 14.0. The van der Waals surface area contributed by atoms with Crippen LogP contribution in [0.15, 0.2) is 48.9 Å². The van der Waals surface area contributed by atoms with Crippen LogP contribution < -0.4 is 10.5 Å². The number of hydrogen-bond acceptors (Lipinski definition) is 5. The summed E-state index contributed by atoms with van der Waals surface area (Å²) in [6.45, 7) is 0. The third-order valence-corrected chi connectivity index (χ3v) is 3.84. The van der Waals surface area contributed by atoms with E-state index in [1.807, 2.05) is 0 Å². The van der Waals surface area contributed by atoms with Gasteiger partial charge < -0.3 is 10.5 Å². The van der Waals surface area contributed by atoms with Crippen molar-refractivity contribution >= 4 is 16.7 Å². The Morgan fingerprint density at radius 3 is 2.48 bits per heavy atom. The van der Waals surface area contributed by atoms with Gasteiger partial charge in [-0.05, 0) is 30.3 Å². The number of anilines is 1. The van der Waals surface area contributed by atoms with Crippen LogP contribution in [0.1, 0.15) is 0 Å². The fourth-order valence-electron chi connectivity index (χ4n) is 2.74. The Bertz CT molecular complexity index is 1110. The molecule has 0 spiro atoms. The number of aromatic nitrogens is 5. The van der Waals surface area contributed by atoms with Crippen LogP contribution >= 0.6 is 0 Å². The topological polar surface area (TPSA) is 83.8 Å². The highest BCUT2D eigenvalue weighted by Crippen LogP contribution is 2.30. The summed E-state index contributed by atoms with van der Waals surface area (Å²) in [5.74, 6) is -0.313. The first-order valence-electron chi connectivity index (χ1n) is 7.79. The maximum atomic E-state index is 12.3. The molecule has 4 aromatic rings. The van der Waals surface area contributed by atoms with E-state index in [4.69, 9.17) is 5.73 Å². The van der Waals surface area contributed by atoms with Gasteiger partial charge in [0.05, 0.1) is 23.8 Å². The number of nitrogen functional groups attached to an aromatic ring is 1. The first-order chi connectivity index (χ1) is 12.8. The second-order valence-corrected chi connectivity index (χ2v) is 5.84. The van der Waals surface area contributed by atoms with Crippen LogP contribution in [-0.2, 0) is 7.05 Å². The molecule has 0 amide bonds. The molecule has 27 heavy (non-hydrogen) atoms. The van der Waals surface area contributed by atoms with E-state index in [0.717, 1.165) is 5.56 Å². The number of rotatable bonds is 3. The maximum absolute atomic E-state index is 12.3. The molecular weight excluding hydrogens is 361 g/mol. The van der Waals surface area contributed by atoms with Crippen molar-refractivity contribution < 1.29 is 17.9 Å². The summed E-state index contributed by atoms with van der Waals surface area (Å²) in [7, 11) is 1.79. The molecule has 3 heterocycles. The number of aryl methyl sites for hydroxylation is 1. The first-order valence-corrected chi connectivity index (χ1v) is 7.79. The molecule has 0 saturated heterocycles. The lowest BCUT2D eigenvalue weighted by atomic mass is 10.2. The predicted molar refractivity (Wildman–Crippen MR) is 92.2 cm³/mol. The number of hydrogen-bond donors (Lipinski definition) is 1. The molecular formula is C17H13F3N6O. The molecule has 0 bridgehead atoms. The van der Waals surface area contributed by atoms with Gasteiger partial charge in [-0.15, -0.1) is 13.2 Å². The third kappa shape index (κ3) is 3.28. The molecule has 4 rings (SSSR count). The SMILES string of the molecule is Cn1cc(-c2nn(-c3ccc(OC(F)(F)F)cc3)c3ncc(N)cc23)cn1. The highest BCUT2D eigenvalue weighted by Gasteiger charge is 2.31. The van der Waals surface area contributed by atoms with Crippen molar-refractivity contribution in [2.45, 2.75) is 6.36 Å². The molecule has 7 nitrogen and oxygen atoms in total. The van der Waals surface area contributed by atoms with Gasteiger partial charge in [-0.1, -0.05) is 0 Å². The molecule has 0 aliphatic rings. The molecule has 10 heteroatoms. The zero-order chi connectivity index (χ0) is 19.2. The predicted octanol–water partition coefficient (Wildman–Crippen LogP) is 3.30. The number of alkyl halides is 3. The molecule has 3 aromatic heterocycles. The molecule has 0 aliphatic heterocycles. The molecule has 0 saturated carbocycles. The van der Waals surface area contributed by atoms with Gasteiger partial charge in [0.15, 0.2) is 5.65 Å². The van der Waals surface area contributed by atoms with E-state index in [0.29, 0.717) is 28.1 Å². The summed E-state index contributed by atoms with van der Waals surface area (Å²) >= 11 is 0. The van der Waals surface area contributed by atoms with E-state index in [-0.39, 0.29) is 5.75 Å². The van der Waals surface area contributed by atoms with Gasteiger partial charge in [0.2, 0.25) is 0 Å². The highest BCUT2D eigenvalue weighted by atomic mass is 19.4. The molecule has 0 unspecified atom stereocenters. The Morgan fingerprint density at radius 2 is 1.85 bits per heavy atom. The van der Waals surface area contributed by atoms with Crippen LogP contribution in [0, 0.1) is 0 Å². The largest absolute Gasteiger partial charge is 0.573 e. The molecule has 0 aliphatic carbocycles. The number of pyridine rings is 1. The average Bonchev–Trinajstić information content (AvgIpc) is 3.17. The van der Waals surface area contributed by atoms with Gasteiger partial charge >= 0.3 is 6.36 Å². The average molecular weight is 374 g/mol. The van der Waals surface area contributed by atoms with Crippen molar-refractivity contribution in [3.05, 3.63) is 48.9 Å². The number of fused-ring (bicyclic) bond motifs is 1. The van der Waals surface area contributed by atoms with Gasteiger partial charge in [0.25, 0.3) is 0 Å². The minimum absolute atomic E-state index is 0.313. The summed E-state index contributed by atoms with van der Waals surface area (Å²) in [6.07, 6.45) is 0.215. The fraction of sp³-hybridized carbons (Fsp3) is 0.118. The quantitative estimate of drug-likeness (QED) is 0.595. The van der Waals surface area contributed by atoms with E-state index < -0.39 is 6.36 Å². The van der Waals surface area contributed by atoms with Crippen molar-refractivity contribution in [1.82, 2.24) is 24.5 Å². The number of nitrogens with two attached hydrogens (primary N) is 1. The van der Waals surface area contributed by atoms with Crippen LogP contribution in [0.25, 0.3) is 28.0 Å². The molecule has 1 aromatic carbocycles. The van der Waals surface area contributed by atoms with Gasteiger partial charge in [-0.25, -0.2) is 9.67 Å². The van der Waals surface area contributed by atoms with E-state index >= 15 is 0 Å². The van der Waals surface area contributed by atoms with Crippen LogP contribution in [0.4, 0.5) is 18.9 Å². The summed E-state index contributed by atoms with van der Waals surface area (Å²) < 4.78 is 44.1. The van der Waals surface area contributed by atoms with Gasteiger partial charge in [0.1, 0.15) is 11.4 Å². The lowest BCUT2D eigenvalue weighted by Gasteiger charge is -2.09. The molecule has 0 fully saturated rings. The van der Waals surface area contributed by atoms with Gasteiger partial charge in [-0.2, -0.15) is 10.2 Å². The summed E-state index contributed by atoms with van der Waals surface area (Å²) in [5, 5.41) is 9.42. The lowest BCUT2D eigenvalue weighted by Crippen LogP contribution is -2.17. The standard InChI is InChI=1S/C17H13F3N6O/c1-25-9-10(7-23-25)15-14-6-11(21)8-22-16(14)26(24-15)12-2-4-13(5-3-12)27-17(18,19)20/h2-9H,21H2,1H3. The van der Waals surface area contributed by atoms with Crippen molar-refractivity contribution in [2.75, 3.05) is 5.73 Å². The maximum Gasteiger partial charge on any atom is 0.573 e. The number of ether oxygens (including phenoxy) is 1. The van der Waals surface area contributed by atoms with Crippen molar-refractivity contribution in [2.24, 2.45) is 7.05 Å². The fourth-order valence-corrected chi connectivity index (χ4v) is 2.74. The Labute approximate surface area is 150 Å². The zero-order valence-corrected chi connectivity index (χ0v) is 14.0. The number of nitrogens with zero attached hydrogens (tertiary/aromatic N) is 5. The van der Waals surface area contributed by atoms with Gasteiger partial charge in [-0.3, -0.25) is 4.68 Å². The highest BCUT2D eigenvalue weighted by molar-refractivity contribution is 5.93. The van der Waals surface area contributed by atoms with E-state index in [9.17, 15) is 13.2 Å². The number of benzene rings is 1. The van der Waals surface area contributed by atoms with Gasteiger partial charge in [0, 0.05) is 24.2 Å². The second-order valence-electron chi connectivity index (χ2n) is 5.84. The van der Waals surface area contributed by atoms with Crippen LogP contribution in [0.5, 0.6) is 5.75 Å². The van der Waals surface area contributed by atoms with E-state index in [2.05, 4.69) is 19.9 Å². The molecule has 2 N–H and O–H groups in total. The van der Waals surface area contributed by atoms with Crippen LogP contribution in [0.3, 0.4) is 0 Å². The van der Waals surface area contributed by atoms with E-state index in [1.165, 1.54) is 35.1 Å². The first kappa shape index (κ1) is 16.9. The monoisotopic (exact) mass is 374 g/mol. The van der Waals surface area contributed by atoms with E-state index in [1.54, 1.807) is 30.2 Å². The molecule has 138 valence electrons. The summed E-state index contributed by atoms with van der Waals surface area (Å²) in [5.41, 5.74) is 8.77. The smallest absolute Gasteiger partial charge is 0.406 e. The summed E-state index contributed by atoms with van der Waals surface area (Å²) in [4.78, 5) is 4.33. The van der Waals surface area contributed by atoms with Crippen LogP contribution in [-0.4, -0.2) is 30.9 Å². The Balaban J connectivity index is 1.82. The van der Waals surface area contributed by atoms with Crippen LogP contribution in [0.2, 0.25) is 0 Å².